The van der Waals surface area contributed by atoms with E-state index in [1.807, 2.05) is 60.7 Å². The lowest BCUT2D eigenvalue weighted by Gasteiger charge is -2.26. The lowest BCUT2D eigenvalue weighted by molar-refractivity contribution is -0.138. The van der Waals surface area contributed by atoms with Gasteiger partial charge in [-0.05, 0) is 37.3 Å². The second-order valence-corrected chi connectivity index (χ2v) is 11.8. The summed E-state index contributed by atoms with van der Waals surface area (Å²) in [5.41, 5.74) is 1.70. The van der Waals surface area contributed by atoms with E-state index in [2.05, 4.69) is 16.0 Å². The van der Waals surface area contributed by atoms with Crippen molar-refractivity contribution in [3.05, 3.63) is 83.3 Å². The molecule has 12 heteroatoms. The molecule has 1 heterocycles. The molecule has 1 saturated heterocycles. The quantitative estimate of drug-likeness (QED) is 0.344. The van der Waals surface area contributed by atoms with Gasteiger partial charge in [-0.25, -0.2) is 13.2 Å². The molecule has 3 unspecified atom stereocenters. The number of sulfone groups is 1. The van der Waals surface area contributed by atoms with Gasteiger partial charge >= 0.3 is 6.09 Å². The zero-order valence-electron chi connectivity index (χ0n) is 23.1. The summed E-state index contributed by atoms with van der Waals surface area (Å²) in [5, 5.41) is 8.88. The fourth-order valence-electron chi connectivity index (χ4n) is 4.32. The van der Waals surface area contributed by atoms with E-state index in [1.54, 1.807) is 0 Å². The Morgan fingerprint density at radius 1 is 1.00 bits per heavy atom. The first-order chi connectivity index (χ1) is 19.5. The van der Waals surface area contributed by atoms with Crippen LogP contribution in [0.3, 0.4) is 0 Å². The van der Waals surface area contributed by atoms with Crippen LogP contribution < -0.4 is 16.0 Å². The summed E-state index contributed by atoms with van der Waals surface area (Å²) in [6, 6.07) is 16.0. The van der Waals surface area contributed by atoms with Gasteiger partial charge in [0, 0.05) is 18.2 Å². The number of benzene rings is 2. The summed E-state index contributed by atoms with van der Waals surface area (Å²) in [7, 11) is -3.41. The number of carbonyl (C=O) groups excluding carboxylic acids is 4. The van der Waals surface area contributed by atoms with E-state index >= 15 is 0 Å². The highest BCUT2D eigenvalue weighted by molar-refractivity contribution is 7.93. The van der Waals surface area contributed by atoms with E-state index in [0.29, 0.717) is 25.8 Å². The Morgan fingerprint density at radius 3 is 2.27 bits per heavy atom. The second-order valence-electron chi connectivity index (χ2n) is 9.85. The number of rotatable bonds is 12. The van der Waals surface area contributed by atoms with Crippen LogP contribution in [-0.4, -0.2) is 74.6 Å². The Kier molecular flexibility index (Phi) is 11.5. The van der Waals surface area contributed by atoms with E-state index in [-0.39, 0.29) is 13.2 Å². The summed E-state index contributed by atoms with van der Waals surface area (Å²) in [5.74, 6) is -1.43. The van der Waals surface area contributed by atoms with E-state index in [1.165, 1.54) is 17.9 Å². The highest BCUT2D eigenvalue weighted by Gasteiger charge is 2.35. The average molecular weight is 585 g/mol. The molecule has 4 amide bonds. The van der Waals surface area contributed by atoms with Gasteiger partial charge in [0.2, 0.25) is 17.7 Å². The molecule has 0 spiro atoms. The van der Waals surface area contributed by atoms with Crippen molar-refractivity contribution < 1.29 is 32.3 Å². The summed E-state index contributed by atoms with van der Waals surface area (Å²) >= 11 is 0. The van der Waals surface area contributed by atoms with Crippen molar-refractivity contribution >= 4 is 33.7 Å². The molecular weight excluding hydrogens is 548 g/mol. The van der Waals surface area contributed by atoms with Crippen molar-refractivity contribution in [3.63, 3.8) is 0 Å². The molecule has 0 aliphatic carbocycles. The molecule has 2 aromatic carbocycles. The number of nitrogens with one attached hydrogen (secondary N) is 3. The van der Waals surface area contributed by atoms with Crippen molar-refractivity contribution in [2.75, 3.05) is 19.3 Å². The molecule has 3 rings (SSSR count). The molecule has 3 atom stereocenters. The van der Waals surface area contributed by atoms with Crippen molar-refractivity contribution in [2.45, 2.75) is 50.9 Å². The molecule has 11 nitrogen and oxygen atoms in total. The standard InChI is InChI=1S/C29H36N4O7S/c1-21(27(35)32-24(15-17-41(2,38)39)18-22-10-5-3-6-11-22)31-28(36)25-14-9-16-33(25)26(34)19-30-29(37)40-20-23-12-7-4-8-13-23/h3-8,10-13,15,17,21,24-25H,9,14,16,18-20H2,1-2H3,(H,30,37)(H,31,36)(H,32,35)/b17-15+. The van der Waals surface area contributed by atoms with Gasteiger partial charge in [-0.2, -0.15) is 0 Å². The van der Waals surface area contributed by atoms with Crippen LogP contribution in [0.15, 0.2) is 72.1 Å². The lowest BCUT2D eigenvalue weighted by atomic mass is 10.1. The summed E-state index contributed by atoms with van der Waals surface area (Å²) < 4.78 is 28.4. The normalized spacial score (nSPS) is 16.5. The van der Waals surface area contributed by atoms with Gasteiger partial charge in [-0.1, -0.05) is 66.7 Å². The molecule has 0 aromatic heterocycles. The fraction of sp³-hybridized carbons (Fsp3) is 0.379. The number of hydrogen-bond donors (Lipinski definition) is 3. The minimum Gasteiger partial charge on any atom is -0.445 e. The lowest BCUT2D eigenvalue weighted by Crippen LogP contribution is -2.54. The maximum atomic E-state index is 13.0. The smallest absolute Gasteiger partial charge is 0.407 e. The number of carbonyl (C=O) groups is 4. The van der Waals surface area contributed by atoms with E-state index in [9.17, 15) is 27.6 Å². The molecular formula is C29H36N4O7S. The molecule has 1 aliphatic rings. The Hall–Kier alpha value is -4.19. The van der Waals surface area contributed by atoms with Crippen LogP contribution in [0.4, 0.5) is 4.79 Å². The highest BCUT2D eigenvalue weighted by atomic mass is 32.2. The first-order valence-corrected chi connectivity index (χ1v) is 15.2. The molecule has 0 bridgehead atoms. The summed E-state index contributed by atoms with van der Waals surface area (Å²) in [4.78, 5) is 52.1. The van der Waals surface area contributed by atoms with E-state index in [0.717, 1.165) is 22.8 Å². The largest absolute Gasteiger partial charge is 0.445 e. The molecule has 2 aromatic rings. The van der Waals surface area contributed by atoms with Crippen LogP contribution in [0.25, 0.3) is 0 Å². The fourth-order valence-corrected chi connectivity index (χ4v) is 4.79. The minimum absolute atomic E-state index is 0.0613. The van der Waals surface area contributed by atoms with Crippen LogP contribution in [0.5, 0.6) is 0 Å². The Bertz CT molecular complexity index is 1330. The third-order valence-corrected chi connectivity index (χ3v) is 7.06. The predicted octanol–water partition coefficient (Wildman–Crippen LogP) is 1.69. The summed E-state index contributed by atoms with van der Waals surface area (Å²) in [6.07, 6.45) is 3.08. The van der Waals surface area contributed by atoms with Gasteiger partial charge in [0.15, 0.2) is 9.84 Å². The molecule has 0 radical (unpaired) electrons. The predicted molar refractivity (Wildman–Crippen MR) is 153 cm³/mol. The Morgan fingerprint density at radius 2 is 1.63 bits per heavy atom. The number of likely N-dealkylation sites (tertiary alicyclic amines) is 1. The maximum absolute atomic E-state index is 13.0. The van der Waals surface area contributed by atoms with Crippen LogP contribution in [0, 0.1) is 0 Å². The molecule has 3 N–H and O–H groups in total. The molecule has 1 aliphatic heterocycles. The van der Waals surface area contributed by atoms with Gasteiger partial charge in [0.1, 0.15) is 25.2 Å². The van der Waals surface area contributed by atoms with Crippen LogP contribution >= 0.6 is 0 Å². The zero-order valence-corrected chi connectivity index (χ0v) is 23.9. The van der Waals surface area contributed by atoms with Crippen LogP contribution in [0.2, 0.25) is 0 Å². The van der Waals surface area contributed by atoms with Crippen molar-refractivity contribution in [1.29, 1.82) is 0 Å². The first kappa shape index (κ1) is 31.3. The molecule has 0 saturated carbocycles. The van der Waals surface area contributed by atoms with Gasteiger partial charge < -0.3 is 25.6 Å². The van der Waals surface area contributed by atoms with E-state index < -0.39 is 51.8 Å². The van der Waals surface area contributed by atoms with Crippen LogP contribution in [-0.2, 0) is 42.0 Å². The molecule has 41 heavy (non-hydrogen) atoms. The Labute approximate surface area is 240 Å². The van der Waals surface area contributed by atoms with Crippen molar-refractivity contribution in [3.8, 4) is 0 Å². The van der Waals surface area contributed by atoms with Gasteiger partial charge in [0.25, 0.3) is 0 Å². The van der Waals surface area contributed by atoms with E-state index in [4.69, 9.17) is 4.74 Å². The number of alkyl carbamates (subject to hydrolysis) is 1. The molecule has 220 valence electrons. The zero-order chi connectivity index (χ0) is 29.8. The molecule has 1 fully saturated rings. The number of amides is 4. The number of nitrogens with zero attached hydrogens (tertiary/aromatic N) is 1. The van der Waals surface area contributed by atoms with Crippen LogP contribution in [0.1, 0.15) is 30.9 Å². The Balaban J connectivity index is 1.51. The van der Waals surface area contributed by atoms with Crippen molar-refractivity contribution in [2.24, 2.45) is 0 Å². The number of ether oxygens (including phenoxy) is 1. The van der Waals surface area contributed by atoms with Gasteiger partial charge in [0.05, 0.1) is 6.04 Å². The van der Waals surface area contributed by atoms with Gasteiger partial charge in [-0.3, -0.25) is 14.4 Å². The minimum atomic E-state index is -3.41. The SMILES string of the molecule is CC(NC(=O)C1CCCN1C(=O)CNC(=O)OCc1ccccc1)C(=O)NC(/C=C/S(C)(=O)=O)Cc1ccccc1. The summed E-state index contributed by atoms with van der Waals surface area (Å²) in [6.45, 7) is 1.58. The third-order valence-electron chi connectivity index (χ3n) is 6.41. The van der Waals surface area contributed by atoms with Crippen molar-refractivity contribution in [1.82, 2.24) is 20.9 Å². The monoisotopic (exact) mass is 584 g/mol. The second kappa shape index (κ2) is 15.0. The highest BCUT2D eigenvalue weighted by Crippen LogP contribution is 2.18. The maximum Gasteiger partial charge on any atom is 0.407 e. The third kappa shape index (κ3) is 10.7. The number of hydrogen-bond acceptors (Lipinski definition) is 7. The topological polar surface area (TPSA) is 151 Å². The first-order valence-electron chi connectivity index (χ1n) is 13.3. The average Bonchev–Trinajstić information content (AvgIpc) is 3.44. The van der Waals surface area contributed by atoms with Gasteiger partial charge in [-0.15, -0.1) is 0 Å².